The molecule has 0 bridgehead atoms. The number of aliphatic carboxylic acids is 1. The molecule has 0 amide bonds. The molecule has 0 atom stereocenters. The van der Waals surface area contributed by atoms with Gasteiger partial charge in [-0.2, -0.15) is 0 Å². The third-order valence-corrected chi connectivity index (χ3v) is 4.86. The van der Waals surface area contributed by atoms with Gasteiger partial charge in [0.2, 0.25) is 10.0 Å². The zero-order valence-electron chi connectivity index (χ0n) is 11.3. The van der Waals surface area contributed by atoms with Crippen molar-refractivity contribution in [1.29, 1.82) is 0 Å². The third kappa shape index (κ3) is 3.80. The summed E-state index contributed by atoms with van der Waals surface area (Å²) in [6, 6.07) is 1.55. The first-order chi connectivity index (χ1) is 9.30. The van der Waals surface area contributed by atoms with Crippen molar-refractivity contribution < 1.29 is 22.8 Å². The highest BCUT2D eigenvalue weighted by Crippen LogP contribution is 2.33. The number of carboxylic acids is 1. The van der Waals surface area contributed by atoms with Crippen LogP contribution < -0.4 is 4.72 Å². The van der Waals surface area contributed by atoms with Gasteiger partial charge >= 0.3 is 5.97 Å². The van der Waals surface area contributed by atoms with Crippen LogP contribution in [0.3, 0.4) is 0 Å². The van der Waals surface area contributed by atoms with Gasteiger partial charge in [0.05, 0.1) is 6.42 Å². The highest BCUT2D eigenvalue weighted by atomic mass is 32.2. The molecule has 1 aromatic rings. The molecule has 0 radical (unpaired) electrons. The van der Waals surface area contributed by atoms with E-state index in [1.165, 1.54) is 0 Å². The van der Waals surface area contributed by atoms with E-state index in [-0.39, 0.29) is 12.2 Å². The Hall–Kier alpha value is -1.41. The number of nitrogens with zero attached hydrogens (tertiary/aromatic N) is 1. The molecule has 0 aromatic carbocycles. The van der Waals surface area contributed by atoms with Gasteiger partial charge in [0.25, 0.3) is 0 Å². The molecule has 0 unspecified atom stereocenters. The minimum atomic E-state index is -3.64. The molecule has 112 valence electrons. The minimum Gasteiger partial charge on any atom is -0.481 e. The number of aryl methyl sites for hydroxylation is 1. The number of rotatable bonds is 6. The third-order valence-electron chi connectivity index (χ3n) is 3.44. The summed E-state index contributed by atoms with van der Waals surface area (Å²) < 4.78 is 31.7. The molecule has 2 N–H and O–H groups in total. The molecule has 0 saturated heterocycles. The zero-order chi connectivity index (χ0) is 14.8. The number of sulfonamides is 1. The normalized spacial score (nSPS) is 18.2. The van der Waals surface area contributed by atoms with Gasteiger partial charge in [0.15, 0.2) is 0 Å². The Balaban J connectivity index is 2.10. The SMILES string of the molecule is Cc1cc(CS(=O)(=O)NC2(CC(=O)O)CCCC2)no1. The fourth-order valence-corrected chi connectivity index (χ4v) is 4.24. The fourth-order valence-electron chi connectivity index (χ4n) is 2.70. The smallest absolute Gasteiger partial charge is 0.305 e. The summed E-state index contributed by atoms with van der Waals surface area (Å²) in [6.45, 7) is 1.68. The summed E-state index contributed by atoms with van der Waals surface area (Å²) in [4.78, 5) is 10.9. The maximum atomic E-state index is 12.2. The first kappa shape index (κ1) is 15.0. The van der Waals surface area contributed by atoms with E-state index in [0.717, 1.165) is 12.8 Å². The quantitative estimate of drug-likeness (QED) is 0.817. The lowest BCUT2D eigenvalue weighted by Gasteiger charge is -2.28. The molecule has 20 heavy (non-hydrogen) atoms. The first-order valence-electron chi connectivity index (χ1n) is 6.46. The average molecular weight is 302 g/mol. The Morgan fingerprint density at radius 3 is 2.65 bits per heavy atom. The molecular weight excluding hydrogens is 284 g/mol. The minimum absolute atomic E-state index is 0.190. The fraction of sp³-hybridized carbons (Fsp3) is 0.667. The molecule has 0 spiro atoms. The lowest BCUT2D eigenvalue weighted by atomic mass is 9.95. The summed E-state index contributed by atoms with van der Waals surface area (Å²) in [6.07, 6.45) is 2.58. The van der Waals surface area contributed by atoms with Gasteiger partial charge in [-0.15, -0.1) is 0 Å². The Morgan fingerprint density at radius 2 is 2.15 bits per heavy atom. The van der Waals surface area contributed by atoms with Crippen molar-refractivity contribution in [3.05, 3.63) is 17.5 Å². The monoisotopic (exact) mass is 302 g/mol. The standard InChI is InChI=1S/C12H18N2O5S/c1-9-6-10(13-19-9)8-20(17,18)14-12(7-11(15)16)4-2-3-5-12/h6,14H,2-5,7-8H2,1H3,(H,15,16). The first-order valence-corrected chi connectivity index (χ1v) is 8.11. The van der Waals surface area contributed by atoms with E-state index >= 15 is 0 Å². The van der Waals surface area contributed by atoms with Gasteiger partial charge < -0.3 is 9.63 Å². The lowest BCUT2D eigenvalue weighted by Crippen LogP contribution is -2.48. The lowest BCUT2D eigenvalue weighted by molar-refractivity contribution is -0.138. The summed E-state index contributed by atoms with van der Waals surface area (Å²) in [5.74, 6) is -0.755. The van der Waals surface area contributed by atoms with Crippen LogP contribution in [0, 0.1) is 6.92 Å². The Morgan fingerprint density at radius 1 is 1.50 bits per heavy atom. The van der Waals surface area contributed by atoms with E-state index in [1.54, 1.807) is 13.0 Å². The van der Waals surface area contributed by atoms with E-state index in [1.807, 2.05) is 0 Å². The summed E-state index contributed by atoms with van der Waals surface area (Å²) in [5, 5.41) is 12.6. The van der Waals surface area contributed by atoms with Crippen LogP contribution in [0.1, 0.15) is 43.6 Å². The molecular formula is C12H18N2O5S. The van der Waals surface area contributed by atoms with E-state index in [0.29, 0.717) is 24.3 Å². The van der Waals surface area contributed by atoms with Crippen LogP contribution in [-0.4, -0.2) is 30.2 Å². The van der Waals surface area contributed by atoms with Gasteiger partial charge in [-0.25, -0.2) is 13.1 Å². The van der Waals surface area contributed by atoms with Gasteiger partial charge in [0, 0.05) is 11.6 Å². The molecule has 7 nitrogen and oxygen atoms in total. The Labute approximate surface area is 117 Å². The van der Waals surface area contributed by atoms with E-state index in [9.17, 15) is 13.2 Å². The molecule has 1 saturated carbocycles. The summed E-state index contributed by atoms with van der Waals surface area (Å²) in [5.41, 5.74) is -0.540. The average Bonchev–Trinajstić information content (AvgIpc) is 2.86. The van der Waals surface area contributed by atoms with E-state index in [2.05, 4.69) is 9.88 Å². The predicted octanol–water partition coefficient (Wildman–Crippen LogP) is 1.19. The topological polar surface area (TPSA) is 110 Å². The number of carboxylic acid groups (broad SMARTS) is 1. The van der Waals surface area contributed by atoms with E-state index in [4.69, 9.17) is 9.63 Å². The van der Waals surface area contributed by atoms with Crippen LogP contribution in [0.4, 0.5) is 0 Å². The highest BCUT2D eigenvalue weighted by Gasteiger charge is 2.39. The van der Waals surface area contributed by atoms with Crippen molar-refractivity contribution >= 4 is 16.0 Å². The molecule has 1 aliphatic carbocycles. The van der Waals surface area contributed by atoms with Crippen LogP contribution in [0.5, 0.6) is 0 Å². The van der Waals surface area contributed by atoms with Crippen molar-refractivity contribution in [2.75, 3.05) is 0 Å². The van der Waals surface area contributed by atoms with Crippen molar-refractivity contribution in [3.63, 3.8) is 0 Å². The van der Waals surface area contributed by atoms with Gasteiger partial charge in [-0.1, -0.05) is 18.0 Å². The van der Waals surface area contributed by atoms with Crippen molar-refractivity contribution in [2.45, 2.75) is 50.3 Å². The molecule has 1 heterocycles. The number of hydrogen-bond acceptors (Lipinski definition) is 5. The molecule has 1 aliphatic rings. The van der Waals surface area contributed by atoms with Gasteiger partial charge in [0.1, 0.15) is 17.2 Å². The van der Waals surface area contributed by atoms with Crippen molar-refractivity contribution in [2.24, 2.45) is 0 Å². The van der Waals surface area contributed by atoms with Crippen molar-refractivity contribution in [1.82, 2.24) is 9.88 Å². The second kappa shape index (κ2) is 5.53. The Kier molecular flexibility index (Phi) is 4.14. The van der Waals surface area contributed by atoms with Crippen LogP contribution in [0.25, 0.3) is 0 Å². The number of hydrogen-bond donors (Lipinski definition) is 2. The Bertz CT molecular complexity index is 587. The molecule has 1 fully saturated rings. The molecule has 8 heteroatoms. The maximum Gasteiger partial charge on any atom is 0.305 e. The summed E-state index contributed by atoms with van der Waals surface area (Å²) in [7, 11) is -3.64. The highest BCUT2D eigenvalue weighted by molar-refractivity contribution is 7.88. The number of carbonyl (C=O) groups is 1. The maximum absolute atomic E-state index is 12.2. The van der Waals surface area contributed by atoms with Gasteiger partial charge in [-0.05, 0) is 19.8 Å². The second-order valence-corrected chi connectivity index (χ2v) is 7.07. The van der Waals surface area contributed by atoms with E-state index < -0.39 is 21.5 Å². The molecule has 2 rings (SSSR count). The second-order valence-electron chi connectivity index (χ2n) is 5.35. The number of aromatic nitrogens is 1. The zero-order valence-corrected chi connectivity index (χ0v) is 12.1. The molecule has 0 aliphatic heterocycles. The van der Waals surface area contributed by atoms with Crippen LogP contribution in [0.15, 0.2) is 10.6 Å². The summed E-state index contributed by atoms with van der Waals surface area (Å²) >= 11 is 0. The van der Waals surface area contributed by atoms with Gasteiger partial charge in [-0.3, -0.25) is 4.79 Å². The van der Waals surface area contributed by atoms with Crippen LogP contribution in [-0.2, 0) is 20.6 Å². The largest absolute Gasteiger partial charge is 0.481 e. The number of nitrogens with one attached hydrogen (secondary N) is 1. The van der Waals surface area contributed by atoms with Crippen molar-refractivity contribution in [3.8, 4) is 0 Å². The van der Waals surface area contributed by atoms with Crippen LogP contribution >= 0.6 is 0 Å². The molecule has 1 aromatic heterocycles. The predicted molar refractivity (Wildman–Crippen MR) is 70.5 cm³/mol. The van der Waals surface area contributed by atoms with Crippen LogP contribution in [0.2, 0.25) is 0 Å².